The van der Waals surface area contributed by atoms with Crippen molar-refractivity contribution in [1.29, 1.82) is 0 Å². The highest BCUT2D eigenvalue weighted by atomic mass is 127. The van der Waals surface area contributed by atoms with Crippen LogP contribution in [0.1, 0.15) is 16.7 Å². The Balaban J connectivity index is 1.59. The number of carbonyl (C=O) groups is 1. The predicted octanol–water partition coefficient (Wildman–Crippen LogP) is 6.48. The van der Waals surface area contributed by atoms with Crippen LogP contribution in [0.3, 0.4) is 0 Å². The molecule has 0 saturated carbocycles. The summed E-state index contributed by atoms with van der Waals surface area (Å²) in [6.07, 6.45) is 1.67. The van der Waals surface area contributed by atoms with E-state index < -0.39 is 5.97 Å². The third-order valence-corrected chi connectivity index (χ3v) is 6.29. The van der Waals surface area contributed by atoms with Gasteiger partial charge in [-0.05, 0) is 111 Å². The molecule has 5 nitrogen and oxygen atoms in total. The van der Waals surface area contributed by atoms with Gasteiger partial charge in [0.15, 0.2) is 17.2 Å². The summed E-state index contributed by atoms with van der Waals surface area (Å²) in [6.45, 7) is 0.351. The second-order valence-electron chi connectivity index (χ2n) is 6.80. The number of hydrogen-bond donors (Lipinski definition) is 0. The lowest BCUT2D eigenvalue weighted by Gasteiger charge is -2.14. The van der Waals surface area contributed by atoms with Crippen LogP contribution in [-0.2, 0) is 16.1 Å². The molecule has 0 aromatic heterocycles. The van der Waals surface area contributed by atoms with Crippen LogP contribution in [-0.4, -0.2) is 19.0 Å². The van der Waals surface area contributed by atoms with E-state index in [-0.39, 0.29) is 5.70 Å². The van der Waals surface area contributed by atoms with Crippen LogP contribution in [0.15, 0.2) is 71.4 Å². The van der Waals surface area contributed by atoms with Crippen molar-refractivity contribution in [2.24, 2.45) is 4.99 Å². The highest BCUT2D eigenvalue weighted by molar-refractivity contribution is 14.1. The number of aliphatic imine (C=N–C) groups is 1. The molecule has 162 valence electrons. The number of rotatable bonds is 6. The van der Waals surface area contributed by atoms with E-state index in [2.05, 4.69) is 50.2 Å². The number of hydrogen-bond acceptors (Lipinski definition) is 5. The maximum absolute atomic E-state index is 12.3. The molecule has 0 radical (unpaired) electrons. The van der Waals surface area contributed by atoms with Crippen molar-refractivity contribution < 1.29 is 19.0 Å². The van der Waals surface area contributed by atoms with E-state index in [1.165, 1.54) is 0 Å². The van der Waals surface area contributed by atoms with Gasteiger partial charge in [0.1, 0.15) is 6.61 Å². The van der Waals surface area contributed by atoms with E-state index in [1.807, 2.05) is 54.6 Å². The molecular weight excluding hydrogens is 656 g/mol. The van der Waals surface area contributed by atoms with Gasteiger partial charge in [-0.2, -0.15) is 0 Å². The Kier molecular flexibility index (Phi) is 7.37. The van der Waals surface area contributed by atoms with Crippen LogP contribution in [0, 0.1) is 7.14 Å². The molecule has 3 aromatic rings. The maximum Gasteiger partial charge on any atom is 0.363 e. The highest BCUT2D eigenvalue weighted by Gasteiger charge is 2.24. The van der Waals surface area contributed by atoms with Gasteiger partial charge in [-0.25, -0.2) is 9.79 Å². The molecular formula is C24H16ClI2NO4. The first kappa shape index (κ1) is 23.1. The smallest absolute Gasteiger partial charge is 0.363 e. The number of carbonyl (C=O) groups excluding carboxylic acids is 1. The molecule has 3 aromatic carbocycles. The van der Waals surface area contributed by atoms with Crippen LogP contribution in [0.2, 0.25) is 5.02 Å². The molecule has 1 aliphatic heterocycles. The summed E-state index contributed by atoms with van der Waals surface area (Å²) in [4.78, 5) is 16.7. The first-order chi connectivity index (χ1) is 15.4. The molecule has 0 N–H and O–H groups in total. The predicted molar refractivity (Wildman–Crippen MR) is 141 cm³/mol. The number of ether oxygens (including phenoxy) is 3. The van der Waals surface area contributed by atoms with E-state index in [0.717, 1.165) is 23.8 Å². The van der Waals surface area contributed by atoms with Gasteiger partial charge in [-0.1, -0.05) is 23.7 Å². The molecule has 0 atom stereocenters. The number of benzene rings is 3. The molecule has 0 aliphatic carbocycles. The van der Waals surface area contributed by atoms with Crippen molar-refractivity contribution in [1.82, 2.24) is 0 Å². The normalized spacial score (nSPS) is 14.3. The SMILES string of the molecule is COc1cc(/C=C2\N=C(c3ccc(I)cc3)OC2=O)cc(I)c1OCc1cccc(Cl)c1. The Labute approximate surface area is 217 Å². The number of halogens is 3. The summed E-state index contributed by atoms with van der Waals surface area (Å²) >= 11 is 10.4. The summed E-state index contributed by atoms with van der Waals surface area (Å²) in [5, 5.41) is 0.656. The van der Waals surface area contributed by atoms with Crippen LogP contribution in [0.4, 0.5) is 0 Å². The first-order valence-corrected chi connectivity index (χ1v) is 12.0. The van der Waals surface area contributed by atoms with Crippen molar-refractivity contribution in [3.05, 3.63) is 95.2 Å². The largest absolute Gasteiger partial charge is 0.493 e. The number of methoxy groups -OCH3 is 1. The number of esters is 1. The third kappa shape index (κ3) is 5.44. The van der Waals surface area contributed by atoms with Crippen molar-refractivity contribution in [3.63, 3.8) is 0 Å². The summed E-state index contributed by atoms with van der Waals surface area (Å²) in [5.74, 6) is 0.973. The van der Waals surface area contributed by atoms with Gasteiger partial charge in [0.25, 0.3) is 0 Å². The summed E-state index contributed by atoms with van der Waals surface area (Å²) in [7, 11) is 1.57. The van der Waals surface area contributed by atoms with Crippen LogP contribution < -0.4 is 9.47 Å². The molecule has 8 heteroatoms. The number of cyclic esters (lactones) is 1. The second-order valence-corrected chi connectivity index (χ2v) is 9.64. The average molecular weight is 672 g/mol. The molecule has 0 spiro atoms. The molecule has 4 rings (SSSR count). The Morgan fingerprint density at radius 2 is 1.88 bits per heavy atom. The van der Waals surface area contributed by atoms with E-state index >= 15 is 0 Å². The van der Waals surface area contributed by atoms with Crippen molar-refractivity contribution >= 4 is 74.7 Å². The molecule has 0 amide bonds. The molecule has 0 saturated heterocycles. The fraction of sp³-hybridized carbons (Fsp3) is 0.0833. The van der Waals surface area contributed by atoms with Crippen LogP contribution in [0.25, 0.3) is 6.08 Å². The van der Waals surface area contributed by atoms with Gasteiger partial charge < -0.3 is 14.2 Å². The Morgan fingerprint density at radius 3 is 2.59 bits per heavy atom. The quantitative estimate of drug-likeness (QED) is 0.171. The third-order valence-electron chi connectivity index (χ3n) is 4.54. The van der Waals surface area contributed by atoms with Crippen molar-refractivity contribution in [2.45, 2.75) is 6.61 Å². The van der Waals surface area contributed by atoms with Crippen LogP contribution in [0.5, 0.6) is 11.5 Å². The molecule has 0 fully saturated rings. The lowest BCUT2D eigenvalue weighted by Crippen LogP contribution is -2.05. The molecule has 0 unspecified atom stereocenters. The minimum absolute atomic E-state index is 0.226. The first-order valence-electron chi connectivity index (χ1n) is 9.46. The lowest BCUT2D eigenvalue weighted by atomic mass is 10.1. The fourth-order valence-electron chi connectivity index (χ4n) is 3.03. The molecule has 1 heterocycles. The van der Waals surface area contributed by atoms with Gasteiger partial charge >= 0.3 is 5.97 Å². The molecule has 0 bridgehead atoms. The van der Waals surface area contributed by atoms with Gasteiger partial charge in [-0.15, -0.1) is 0 Å². The monoisotopic (exact) mass is 671 g/mol. The van der Waals surface area contributed by atoms with E-state index in [9.17, 15) is 4.79 Å². The van der Waals surface area contributed by atoms with Crippen LogP contribution >= 0.6 is 56.8 Å². The number of nitrogens with zero attached hydrogens (tertiary/aromatic N) is 1. The van der Waals surface area contributed by atoms with E-state index in [0.29, 0.717) is 29.0 Å². The minimum atomic E-state index is -0.492. The van der Waals surface area contributed by atoms with Gasteiger partial charge in [0.2, 0.25) is 5.90 Å². The topological polar surface area (TPSA) is 57.1 Å². The van der Waals surface area contributed by atoms with Gasteiger partial charge in [0, 0.05) is 14.2 Å². The standard InChI is InChI=1S/C24H16ClI2NO4/c1-30-21-12-15(10-19(27)22(21)31-13-14-3-2-4-17(25)9-14)11-20-24(29)32-23(28-20)16-5-7-18(26)8-6-16/h2-12H,13H2,1H3/b20-11-. The average Bonchev–Trinajstić information content (AvgIpc) is 3.13. The summed E-state index contributed by atoms with van der Waals surface area (Å²) in [6, 6.07) is 18.8. The van der Waals surface area contributed by atoms with Gasteiger partial charge in [-0.3, -0.25) is 0 Å². The fourth-order valence-corrected chi connectivity index (χ4v) is 4.38. The zero-order valence-electron chi connectivity index (χ0n) is 16.8. The maximum atomic E-state index is 12.3. The minimum Gasteiger partial charge on any atom is -0.493 e. The Morgan fingerprint density at radius 1 is 1.09 bits per heavy atom. The lowest BCUT2D eigenvalue weighted by molar-refractivity contribution is -0.129. The summed E-state index contributed by atoms with van der Waals surface area (Å²) < 4.78 is 18.8. The van der Waals surface area contributed by atoms with Gasteiger partial charge in [0.05, 0.1) is 10.7 Å². The Hall–Kier alpha value is -2.11. The highest BCUT2D eigenvalue weighted by Crippen LogP contribution is 2.35. The van der Waals surface area contributed by atoms with E-state index in [1.54, 1.807) is 19.3 Å². The molecule has 32 heavy (non-hydrogen) atoms. The van der Waals surface area contributed by atoms with E-state index in [4.69, 9.17) is 25.8 Å². The zero-order chi connectivity index (χ0) is 22.7. The second kappa shape index (κ2) is 10.2. The van der Waals surface area contributed by atoms with Crippen molar-refractivity contribution in [2.75, 3.05) is 7.11 Å². The summed E-state index contributed by atoms with van der Waals surface area (Å²) in [5.41, 5.74) is 2.68. The Bertz CT molecular complexity index is 1240. The molecule has 1 aliphatic rings. The van der Waals surface area contributed by atoms with Crippen molar-refractivity contribution in [3.8, 4) is 11.5 Å². The zero-order valence-corrected chi connectivity index (χ0v) is 21.8.